The summed E-state index contributed by atoms with van der Waals surface area (Å²) in [7, 11) is 0. The Hall–Kier alpha value is -0.340. The Balaban J connectivity index is 2.41. The third-order valence-corrected chi connectivity index (χ3v) is 2.97. The van der Waals surface area contributed by atoms with Gasteiger partial charge in [-0.2, -0.15) is 0 Å². The highest BCUT2D eigenvalue weighted by atomic mass is 16.7. The molecular weight excluding hydrogens is 188 g/mol. The fraction of sp³-hybridized carbons (Fsp3) is 0.846. The van der Waals surface area contributed by atoms with Crippen molar-refractivity contribution >= 4 is 0 Å². The molecule has 0 aromatic heterocycles. The van der Waals surface area contributed by atoms with E-state index in [-0.39, 0.29) is 11.7 Å². The molecule has 1 aliphatic heterocycles. The lowest BCUT2D eigenvalue weighted by Crippen LogP contribution is -2.41. The molecule has 15 heavy (non-hydrogen) atoms. The summed E-state index contributed by atoms with van der Waals surface area (Å²) in [5.74, 6) is 0.348. The first-order chi connectivity index (χ1) is 7.11. The molecule has 1 fully saturated rings. The van der Waals surface area contributed by atoms with Gasteiger partial charge in [0.1, 0.15) is 0 Å². The van der Waals surface area contributed by atoms with Crippen molar-refractivity contribution in [3.8, 4) is 0 Å². The average molecular weight is 212 g/mol. The van der Waals surface area contributed by atoms with E-state index < -0.39 is 0 Å². The molecule has 1 atom stereocenters. The lowest BCUT2D eigenvalue weighted by atomic mass is 9.87. The zero-order valence-electron chi connectivity index (χ0n) is 10.5. The Morgan fingerprint density at radius 3 is 2.47 bits per heavy atom. The van der Waals surface area contributed by atoms with Crippen molar-refractivity contribution in [3.05, 3.63) is 12.2 Å². The normalized spacial score (nSPS) is 34.5. The summed E-state index contributed by atoms with van der Waals surface area (Å²) in [6.07, 6.45) is 6.51. The fourth-order valence-electron chi connectivity index (χ4n) is 2.10. The van der Waals surface area contributed by atoms with Crippen LogP contribution in [0.15, 0.2) is 12.2 Å². The molecule has 0 radical (unpaired) electrons. The third-order valence-electron chi connectivity index (χ3n) is 2.97. The molecule has 2 heteroatoms. The van der Waals surface area contributed by atoms with Gasteiger partial charge in [-0.1, -0.05) is 39.3 Å². The van der Waals surface area contributed by atoms with Gasteiger partial charge in [0.15, 0.2) is 6.29 Å². The van der Waals surface area contributed by atoms with Gasteiger partial charge in [-0.15, -0.1) is 0 Å². The molecule has 88 valence electrons. The van der Waals surface area contributed by atoms with Gasteiger partial charge in [-0.05, 0) is 13.3 Å². The van der Waals surface area contributed by atoms with E-state index in [2.05, 4.69) is 32.9 Å². The van der Waals surface area contributed by atoms with Crippen molar-refractivity contribution < 1.29 is 9.47 Å². The largest absolute Gasteiger partial charge is 0.351 e. The maximum Gasteiger partial charge on any atom is 0.163 e. The predicted octanol–water partition coefficient (Wildman–Crippen LogP) is 3.38. The molecule has 0 N–H and O–H groups in total. The number of ether oxygens (including phenoxy) is 2. The summed E-state index contributed by atoms with van der Waals surface area (Å²) in [4.78, 5) is 0. The highest BCUT2D eigenvalue weighted by molar-refractivity contribution is 4.87. The second-order valence-electron chi connectivity index (χ2n) is 4.94. The van der Waals surface area contributed by atoms with E-state index in [9.17, 15) is 0 Å². The second kappa shape index (κ2) is 5.66. The summed E-state index contributed by atoms with van der Waals surface area (Å²) in [6.45, 7) is 10.3. The SMILES string of the molecule is C/C=C/[C@H](C)C1OCC(C)(CCC)CO1. The maximum atomic E-state index is 5.79. The van der Waals surface area contributed by atoms with E-state index in [0.29, 0.717) is 5.92 Å². The molecule has 0 spiro atoms. The molecule has 1 heterocycles. The zero-order valence-corrected chi connectivity index (χ0v) is 10.5. The van der Waals surface area contributed by atoms with Crippen molar-refractivity contribution in [2.45, 2.75) is 46.8 Å². The van der Waals surface area contributed by atoms with Gasteiger partial charge < -0.3 is 9.47 Å². The summed E-state index contributed by atoms with van der Waals surface area (Å²) < 4.78 is 11.6. The maximum absolute atomic E-state index is 5.79. The molecule has 0 aromatic carbocycles. The van der Waals surface area contributed by atoms with E-state index >= 15 is 0 Å². The molecule has 0 saturated carbocycles. The molecule has 0 unspecified atom stereocenters. The van der Waals surface area contributed by atoms with Crippen LogP contribution in [0.2, 0.25) is 0 Å². The van der Waals surface area contributed by atoms with Crippen LogP contribution in [0.4, 0.5) is 0 Å². The minimum atomic E-state index is -0.0499. The van der Waals surface area contributed by atoms with Crippen LogP contribution in [0, 0.1) is 11.3 Å². The molecule has 1 saturated heterocycles. The molecule has 0 aromatic rings. The first-order valence-corrected chi connectivity index (χ1v) is 5.97. The summed E-state index contributed by atoms with van der Waals surface area (Å²) in [5.41, 5.74) is 0.223. The van der Waals surface area contributed by atoms with Crippen molar-refractivity contribution in [2.75, 3.05) is 13.2 Å². The second-order valence-corrected chi connectivity index (χ2v) is 4.94. The van der Waals surface area contributed by atoms with Crippen molar-refractivity contribution in [1.29, 1.82) is 0 Å². The van der Waals surface area contributed by atoms with Crippen LogP contribution >= 0.6 is 0 Å². The molecule has 2 nitrogen and oxygen atoms in total. The Kier molecular flexibility index (Phi) is 4.81. The van der Waals surface area contributed by atoms with Crippen LogP contribution in [0.25, 0.3) is 0 Å². The highest BCUT2D eigenvalue weighted by Gasteiger charge is 2.33. The molecular formula is C13H24O2. The van der Waals surface area contributed by atoms with Crippen molar-refractivity contribution in [2.24, 2.45) is 11.3 Å². The third kappa shape index (κ3) is 3.62. The summed E-state index contributed by atoms with van der Waals surface area (Å²) >= 11 is 0. The highest BCUT2D eigenvalue weighted by Crippen LogP contribution is 2.31. The van der Waals surface area contributed by atoms with Crippen LogP contribution < -0.4 is 0 Å². The summed E-state index contributed by atoms with van der Waals surface area (Å²) in [6, 6.07) is 0. The Morgan fingerprint density at radius 2 is 2.00 bits per heavy atom. The average Bonchev–Trinajstić information content (AvgIpc) is 2.19. The first-order valence-electron chi connectivity index (χ1n) is 5.97. The summed E-state index contributed by atoms with van der Waals surface area (Å²) in [5, 5.41) is 0. The smallest absolute Gasteiger partial charge is 0.163 e. The van der Waals surface area contributed by atoms with E-state index in [1.807, 2.05) is 6.92 Å². The molecule has 0 amide bonds. The fourth-order valence-corrected chi connectivity index (χ4v) is 2.10. The van der Waals surface area contributed by atoms with Crippen LogP contribution in [0.3, 0.4) is 0 Å². The lowest BCUT2D eigenvalue weighted by Gasteiger charge is -2.38. The first kappa shape index (κ1) is 12.7. The van der Waals surface area contributed by atoms with Gasteiger partial charge in [0.05, 0.1) is 13.2 Å². The number of hydrogen-bond donors (Lipinski definition) is 0. The van der Waals surface area contributed by atoms with E-state index in [1.54, 1.807) is 0 Å². The standard InChI is InChI=1S/C13H24O2/c1-5-7-11(3)12-14-9-13(4,8-6-2)10-15-12/h5,7,11-12H,6,8-10H2,1-4H3/b7-5+/t11-,12?,13?/m0/s1. The van der Waals surface area contributed by atoms with Gasteiger partial charge in [-0.25, -0.2) is 0 Å². The minimum absolute atomic E-state index is 0.0499. The molecule has 0 bridgehead atoms. The van der Waals surface area contributed by atoms with Gasteiger partial charge in [-0.3, -0.25) is 0 Å². The van der Waals surface area contributed by atoms with E-state index in [1.165, 1.54) is 12.8 Å². The van der Waals surface area contributed by atoms with Crippen molar-refractivity contribution in [3.63, 3.8) is 0 Å². The zero-order chi connectivity index (χ0) is 11.3. The quantitative estimate of drug-likeness (QED) is 0.665. The van der Waals surface area contributed by atoms with Crippen LogP contribution in [0.5, 0.6) is 0 Å². The number of rotatable bonds is 4. The molecule has 0 aliphatic carbocycles. The van der Waals surface area contributed by atoms with Crippen LogP contribution in [-0.2, 0) is 9.47 Å². The van der Waals surface area contributed by atoms with Gasteiger partial charge >= 0.3 is 0 Å². The van der Waals surface area contributed by atoms with Crippen molar-refractivity contribution in [1.82, 2.24) is 0 Å². The van der Waals surface area contributed by atoms with Crippen LogP contribution in [0.1, 0.15) is 40.5 Å². The van der Waals surface area contributed by atoms with Gasteiger partial charge in [0.25, 0.3) is 0 Å². The minimum Gasteiger partial charge on any atom is -0.351 e. The topological polar surface area (TPSA) is 18.5 Å². The number of allylic oxidation sites excluding steroid dienone is 1. The lowest BCUT2D eigenvalue weighted by molar-refractivity contribution is -0.239. The molecule has 1 aliphatic rings. The Labute approximate surface area is 93.7 Å². The predicted molar refractivity (Wildman–Crippen MR) is 62.7 cm³/mol. The Bertz CT molecular complexity index is 203. The van der Waals surface area contributed by atoms with E-state index in [0.717, 1.165) is 13.2 Å². The van der Waals surface area contributed by atoms with Gasteiger partial charge in [0, 0.05) is 11.3 Å². The van der Waals surface area contributed by atoms with E-state index in [4.69, 9.17) is 9.47 Å². The Morgan fingerprint density at radius 1 is 1.40 bits per heavy atom. The van der Waals surface area contributed by atoms with Gasteiger partial charge in [0.2, 0.25) is 0 Å². The molecule has 1 rings (SSSR count). The number of hydrogen-bond acceptors (Lipinski definition) is 2. The monoisotopic (exact) mass is 212 g/mol. The van der Waals surface area contributed by atoms with Crippen LogP contribution in [-0.4, -0.2) is 19.5 Å².